The Kier molecular flexibility index (Phi) is 25.9. The first kappa shape index (κ1) is 73.2. The molecule has 26 N–H and O–H groups in total. The van der Waals surface area contributed by atoms with E-state index >= 15 is 0 Å². The van der Waals surface area contributed by atoms with Crippen LogP contribution in [0.25, 0.3) is 0 Å². The topological polar surface area (TPSA) is 664 Å². The van der Waals surface area contributed by atoms with Crippen LogP contribution < -0.4 is 0 Å². The van der Waals surface area contributed by atoms with Gasteiger partial charge in [-0.2, -0.15) is 0 Å². The number of aliphatic hydroxyl groups excluding tert-OH is 26. The van der Waals surface area contributed by atoms with Crippen LogP contribution in [0.4, 0.5) is 0 Å². The van der Waals surface area contributed by atoms with Gasteiger partial charge < -0.3 is 204 Å². The molecule has 41 nitrogen and oxygen atoms in total. The van der Waals surface area contributed by atoms with E-state index < -0.39 is 299 Å². The Labute approximate surface area is 501 Å². The van der Waals surface area contributed by atoms with E-state index in [0.29, 0.717) is 0 Å². The first-order valence-electron chi connectivity index (χ1n) is 28.2. The highest BCUT2D eigenvalue weighted by molar-refractivity contribution is 5.01. The van der Waals surface area contributed by atoms with Crippen molar-refractivity contribution in [3.63, 3.8) is 0 Å². The largest absolute Gasteiger partial charge is 0.394 e. The van der Waals surface area contributed by atoms with E-state index in [2.05, 4.69) is 0 Å². The van der Waals surface area contributed by atoms with Crippen LogP contribution in [0, 0.1) is 0 Å². The Morgan fingerprint density at radius 1 is 0.191 bits per heavy atom. The van der Waals surface area contributed by atoms with Crippen molar-refractivity contribution in [1.29, 1.82) is 0 Å². The van der Waals surface area contributed by atoms with Gasteiger partial charge in [0.2, 0.25) is 0 Å². The van der Waals surface area contributed by atoms with Crippen LogP contribution in [-0.4, -0.2) is 431 Å². The van der Waals surface area contributed by atoms with E-state index in [-0.39, 0.29) is 0 Å². The third-order valence-electron chi connectivity index (χ3n) is 16.6. The highest BCUT2D eigenvalue weighted by Crippen LogP contribution is 2.38. The summed E-state index contributed by atoms with van der Waals surface area (Å²) in [5, 5.41) is 277. The Morgan fingerprint density at radius 3 is 0.663 bits per heavy atom. The average Bonchev–Trinajstić information content (AvgIpc) is 1.45. The fraction of sp³-hybridized carbons (Fsp3) is 1.00. The molecule has 520 valence electrons. The van der Waals surface area contributed by atoms with Crippen molar-refractivity contribution in [2.24, 2.45) is 0 Å². The Morgan fingerprint density at radius 2 is 0.393 bits per heavy atom. The average molecular weight is 1320 g/mol. The molecule has 8 saturated heterocycles. The molecule has 0 aromatic rings. The molecule has 0 saturated carbocycles. The van der Waals surface area contributed by atoms with E-state index in [4.69, 9.17) is 71.1 Å². The van der Waals surface area contributed by atoms with Crippen LogP contribution in [0.2, 0.25) is 0 Å². The molecule has 0 aliphatic carbocycles. The lowest BCUT2D eigenvalue weighted by Gasteiger charge is -2.50. The Hall–Kier alpha value is -1.64. The summed E-state index contributed by atoms with van der Waals surface area (Å²) in [6.45, 7) is -7.82. The number of rotatable bonds is 22. The summed E-state index contributed by atoms with van der Waals surface area (Å²) >= 11 is 0. The molecule has 89 heavy (non-hydrogen) atoms. The molecule has 0 radical (unpaired) electrons. The molecular formula is C48H82O41. The number of aliphatic hydroxyl groups is 26. The van der Waals surface area contributed by atoms with Crippen molar-refractivity contribution < 1.29 is 204 Å². The fourth-order valence-corrected chi connectivity index (χ4v) is 11.4. The summed E-state index contributed by atoms with van der Waals surface area (Å²) in [7, 11) is 0. The van der Waals surface area contributed by atoms with Gasteiger partial charge in [-0.1, -0.05) is 0 Å². The molecule has 1 unspecified atom stereocenters. The predicted octanol–water partition coefficient (Wildman–Crippen LogP) is -18.5. The normalized spacial score (nSPS) is 53.6. The number of ether oxygens (including phenoxy) is 15. The van der Waals surface area contributed by atoms with Crippen LogP contribution >= 0.6 is 0 Å². The van der Waals surface area contributed by atoms with E-state index in [9.17, 15) is 133 Å². The summed E-state index contributed by atoms with van der Waals surface area (Å²) in [5.41, 5.74) is 0. The third kappa shape index (κ3) is 15.2. The van der Waals surface area contributed by atoms with Crippen LogP contribution in [0.5, 0.6) is 0 Å². The second-order valence-electron chi connectivity index (χ2n) is 22.4. The van der Waals surface area contributed by atoms with E-state index in [1.165, 1.54) is 0 Å². The summed E-state index contributed by atoms with van der Waals surface area (Å²) in [6.07, 6.45) is -78.1. The van der Waals surface area contributed by atoms with E-state index in [1.54, 1.807) is 0 Å². The Balaban J connectivity index is 0.849. The molecule has 0 spiro atoms. The molecule has 8 aliphatic rings. The molecule has 0 amide bonds. The molecular weight excluding hydrogens is 1230 g/mol. The quantitative estimate of drug-likeness (QED) is 0.0479. The van der Waals surface area contributed by atoms with Crippen molar-refractivity contribution in [1.82, 2.24) is 0 Å². The lowest BCUT2D eigenvalue weighted by atomic mass is 9.95. The maximum Gasteiger partial charge on any atom is 0.187 e. The standard InChI is InChI=1S/C48H82O41/c49-1-9-17(56)19(58)28(67)42(77-9)75-8-16-18(57)20(59)29(68)43(83-16)85-36-11(3-51)79-45(31(70)22(36)61)87-38-13(5-53)81-47(33(72)24(38)63)89-40-15(7-55)82-48(34(73)26(40)65)88-39-14(6-54)80-46(32(71)25(39)64)86-37-12(4-52)78-44(30(69)23(37)62)84-35-10(2-50)76-41(74)27(66)21(35)60/h9-74H,1-8H2/t9-,10-,11-,12-,13-,14-,15-,16-,17-,18-,19+,20+,21-,22-,23-,24-,25-,26-,27-,28-,29-,30-,31-,32-,33-,34-,35-,36-,37-,38-,39-,40-,41?,42+,43-,44-,45-,46-,47-,48-/m1/s1. The van der Waals surface area contributed by atoms with Crippen molar-refractivity contribution in [2.75, 3.05) is 52.9 Å². The first-order chi connectivity index (χ1) is 42.2. The highest BCUT2D eigenvalue weighted by Gasteiger charge is 2.59. The zero-order valence-electron chi connectivity index (χ0n) is 46.5. The molecule has 41 heteroatoms. The Bertz CT molecular complexity index is 2120. The van der Waals surface area contributed by atoms with Gasteiger partial charge in [-0.15, -0.1) is 0 Å². The van der Waals surface area contributed by atoms with Crippen LogP contribution in [-0.2, 0) is 71.1 Å². The van der Waals surface area contributed by atoms with Crippen LogP contribution in [0.15, 0.2) is 0 Å². The fourth-order valence-electron chi connectivity index (χ4n) is 11.4. The van der Waals surface area contributed by atoms with Gasteiger partial charge in [-0.05, 0) is 0 Å². The van der Waals surface area contributed by atoms with Crippen molar-refractivity contribution in [3.05, 3.63) is 0 Å². The molecule has 0 bridgehead atoms. The van der Waals surface area contributed by atoms with Crippen LogP contribution in [0.3, 0.4) is 0 Å². The first-order valence-corrected chi connectivity index (χ1v) is 28.2. The molecule has 8 heterocycles. The second kappa shape index (κ2) is 31.5. The molecule has 0 aromatic carbocycles. The van der Waals surface area contributed by atoms with Gasteiger partial charge in [-0.3, -0.25) is 0 Å². The summed E-state index contributed by atoms with van der Waals surface area (Å²) in [4.78, 5) is 0. The number of hydrogen-bond acceptors (Lipinski definition) is 41. The monoisotopic (exact) mass is 1310 g/mol. The van der Waals surface area contributed by atoms with Gasteiger partial charge in [0.15, 0.2) is 50.3 Å². The highest BCUT2D eigenvalue weighted by atomic mass is 16.8. The van der Waals surface area contributed by atoms with Crippen LogP contribution in [0.1, 0.15) is 0 Å². The van der Waals surface area contributed by atoms with E-state index in [0.717, 1.165) is 0 Å². The SMILES string of the molecule is OC[C@H]1O[C@H](OC[C@H]2O[C@H](O[C@H]3[C@H](O)[C@@H](O)[C@@H](O[C@H]4[C@H](O)[C@@H](O)[C@@H](O[C@H]5[C@H](O)[C@@H](O)[C@@H](O[C@H]6[C@H](O)[C@@H](O)[C@@H](O[C@H]7[C@H](O)[C@@H](O)[C@@H](O[C@H]8[C@H](O)[C@@H](O)C(O)O[C@@H]8CO)O[C@@H]7CO)O[C@@H]6CO)O[C@@H]5CO)O[C@@H]4CO)O[C@@H]3CO)[C@H](O)[C@@H](O)[C@@H]2O)[C@H](O)[C@@H](O)[C@@H]1O. The van der Waals surface area contributed by atoms with Crippen molar-refractivity contribution in [3.8, 4) is 0 Å². The van der Waals surface area contributed by atoms with Gasteiger partial charge in [-0.25, -0.2) is 0 Å². The van der Waals surface area contributed by atoms with Crippen molar-refractivity contribution >= 4 is 0 Å². The van der Waals surface area contributed by atoms with E-state index in [1.807, 2.05) is 0 Å². The second-order valence-corrected chi connectivity index (χ2v) is 22.4. The minimum absolute atomic E-state index is 0.785. The minimum Gasteiger partial charge on any atom is -0.394 e. The summed E-state index contributed by atoms with van der Waals surface area (Å²) in [6, 6.07) is 0. The van der Waals surface area contributed by atoms with Gasteiger partial charge >= 0.3 is 0 Å². The van der Waals surface area contributed by atoms with Gasteiger partial charge in [0.1, 0.15) is 195 Å². The molecule has 0 aromatic heterocycles. The number of hydrogen-bond donors (Lipinski definition) is 26. The zero-order valence-corrected chi connectivity index (χ0v) is 46.5. The van der Waals surface area contributed by atoms with Gasteiger partial charge in [0.25, 0.3) is 0 Å². The lowest BCUT2D eigenvalue weighted by Crippen LogP contribution is -2.68. The van der Waals surface area contributed by atoms with Gasteiger partial charge in [0, 0.05) is 0 Å². The molecule has 8 fully saturated rings. The van der Waals surface area contributed by atoms with Gasteiger partial charge in [0.05, 0.1) is 52.9 Å². The minimum atomic E-state index is -2.26. The molecule has 8 aliphatic heterocycles. The summed E-state index contributed by atoms with van der Waals surface area (Å²) in [5.74, 6) is 0. The predicted molar refractivity (Wildman–Crippen MR) is 264 cm³/mol. The lowest BCUT2D eigenvalue weighted by molar-refractivity contribution is -0.398. The smallest absolute Gasteiger partial charge is 0.187 e. The molecule has 8 rings (SSSR count). The molecule has 40 atom stereocenters. The third-order valence-corrected chi connectivity index (χ3v) is 16.6. The maximum absolute atomic E-state index is 11.4. The summed E-state index contributed by atoms with van der Waals surface area (Å²) < 4.78 is 83.3. The van der Waals surface area contributed by atoms with Crippen molar-refractivity contribution in [2.45, 2.75) is 246 Å². The zero-order chi connectivity index (χ0) is 65.4. The maximum atomic E-state index is 11.4.